The Morgan fingerprint density at radius 3 is 2.11 bits per heavy atom. The predicted octanol–water partition coefficient (Wildman–Crippen LogP) is 3.05. The second-order valence-electron chi connectivity index (χ2n) is 7.34. The Kier molecular flexibility index (Phi) is 7.66. The van der Waals surface area contributed by atoms with Crippen LogP contribution in [0, 0.1) is 11.6 Å². The zero-order valence-electron chi connectivity index (χ0n) is 16.8. The van der Waals surface area contributed by atoms with Crippen LogP contribution in [-0.4, -0.2) is 42.8 Å². The van der Waals surface area contributed by atoms with Gasteiger partial charge in [-0.1, -0.05) is 6.92 Å². The summed E-state index contributed by atoms with van der Waals surface area (Å²) in [7, 11) is -4.70. The average molecular weight is 420 g/mol. The molecule has 1 N–H and O–H groups in total. The monoisotopic (exact) mass is 420 g/mol. The Labute approximate surface area is 164 Å². The number of sulfonamides is 1. The van der Waals surface area contributed by atoms with Crippen LogP contribution in [0.15, 0.2) is 17.0 Å². The Morgan fingerprint density at radius 1 is 1.21 bits per heavy atom. The molecule has 0 spiro atoms. The minimum Gasteiger partial charge on any atom is -0.459 e. The van der Waals surface area contributed by atoms with Gasteiger partial charge in [0.15, 0.2) is 4.90 Å². The molecule has 7 nitrogen and oxygen atoms in total. The molecular weight excluding hydrogens is 394 g/mol. The molecule has 0 aromatic heterocycles. The van der Waals surface area contributed by atoms with E-state index in [0.29, 0.717) is 22.9 Å². The van der Waals surface area contributed by atoms with Gasteiger partial charge in [-0.3, -0.25) is 9.59 Å². The van der Waals surface area contributed by atoms with E-state index in [4.69, 9.17) is 4.74 Å². The molecule has 0 bridgehead atoms. The van der Waals surface area contributed by atoms with Crippen molar-refractivity contribution < 1.29 is 31.5 Å². The minimum absolute atomic E-state index is 0.219. The lowest BCUT2D eigenvalue weighted by atomic mass is 10.2. The largest absolute Gasteiger partial charge is 0.459 e. The third-order valence-corrected chi connectivity index (χ3v) is 5.69. The number of ether oxygens (including phenoxy) is 1. The Hall–Kier alpha value is -2.07. The summed E-state index contributed by atoms with van der Waals surface area (Å²) in [6.45, 7) is 8.50. The van der Waals surface area contributed by atoms with Gasteiger partial charge in [0.1, 0.15) is 23.8 Å². The van der Waals surface area contributed by atoms with Gasteiger partial charge in [0, 0.05) is 18.7 Å². The second kappa shape index (κ2) is 8.95. The number of hydrogen-bond donors (Lipinski definition) is 1. The fraction of sp³-hybridized carbons (Fsp3) is 0.556. The highest BCUT2D eigenvalue weighted by Gasteiger charge is 2.36. The topological polar surface area (TPSA) is 92.8 Å². The average Bonchev–Trinajstić information content (AvgIpc) is 2.48. The Morgan fingerprint density at radius 2 is 1.71 bits per heavy atom. The van der Waals surface area contributed by atoms with Crippen molar-refractivity contribution in [3.05, 3.63) is 23.8 Å². The van der Waals surface area contributed by atoms with E-state index in [9.17, 15) is 26.8 Å². The number of rotatable bonds is 7. The van der Waals surface area contributed by atoms with Crippen LogP contribution in [0.1, 0.15) is 48.0 Å². The third-order valence-electron chi connectivity index (χ3n) is 3.67. The van der Waals surface area contributed by atoms with Crippen LogP contribution < -0.4 is 5.32 Å². The van der Waals surface area contributed by atoms with Crippen LogP contribution in [0.5, 0.6) is 0 Å². The van der Waals surface area contributed by atoms with Crippen LogP contribution in [0.4, 0.5) is 14.5 Å². The Bertz CT molecular complexity index is 827. The fourth-order valence-electron chi connectivity index (χ4n) is 2.38. The normalized spacial score (nSPS) is 13.3. The number of anilines is 1. The maximum Gasteiger partial charge on any atom is 0.321 e. The molecule has 28 heavy (non-hydrogen) atoms. The molecule has 1 aromatic rings. The summed E-state index contributed by atoms with van der Waals surface area (Å²) >= 11 is 0. The number of halogens is 2. The van der Waals surface area contributed by atoms with E-state index in [1.165, 1.54) is 6.92 Å². The van der Waals surface area contributed by atoms with Crippen molar-refractivity contribution in [3.8, 4) is 0 Å². The molecular formula is C18H26F2N2O5S. The highest BCUT2D eigenvalue weighted by atomic mass is 32.2. The van der Waals surface area contributed by atoms with Gasteiger partial charge in [-0.05, 0) is 46.2 Å². The number of nitrogens with one attached hydrogen (secondary N) is 1. The molecule has 1 rings (SSSR count). The van der Waals surface area contributed by atoms with Gasteiger partial charge in [-0.2, -0.15) is 4.31 Å². The number of nitrogens with zero attached hydrogens (tertiary/aromatic N) is 1. The molecule has 0 unspecified atom stereocenters. The van der Waals surface area contributed by atoms with Crippen molar-refractivity contribution in [2.24, 2.45) is 0 Å². The van der Waals surface area contributed by atoms with Crippen molar-refractivity contribution in [3.63, 3.8) is 0 Å². The van der Waals surface area contributed by atoms with Crippen LogP contribution in [0.2, 0.25) is 0 Å². The lowest BCUT2D eigenvalue weighted by Crippen LogP contribution is -2.44. The second-order valence-corrected chi connectivity index (χ2v) is 9.17. The zero-order valence-corrected chi connectivity index (χ0v) is 17.6. The number of hydrogen-bond acceptors (Lipinski definition) is 5. The summed E-state index contributed by atoms with van der Waals surface area (Å²) in [5.41, 5.74) is -1.07. The summed E-state index contributed by atoms with van der Waals surface area (Å²) in [5.74, 6) is -4.16. The number of carbonyl (C=O) groups excluding carboxylic acids is 2. The van der Waals surface area contributed by atoms with Gasteiger partial charge in [0.2, 0.25) is 15.9 Å². The molecule has 0 saturated carbocycles. The summed E-state index contributed by atoms with van der Waals surface area (Å²) in [4.78, 5) is 22.0. The molecule has 10 heteroatoms. The summed E-state index contributed by atoms with van der Waals surface area (Å²) in [5, 5.41) is 2.18. The third kappa shape index (κ3) is 6.23. The van der Waals surface area contributed by atoms with Crippen molar-refractivity contribution in [1.29, 1.82) is 0 Å². The highest BCUT2D eigenvalue weighted by Crippen LogP contribution is 2.28. The number of amides is 1. The van der Waals surface area contributed by atoms with Gasteiger partial charge in [-0.15, -0.1) is 0 Å². The summed E-state index contributed by atoms with van der Waals surface area (Å²) in [6, 6.07) is 0.700. The van der Waals surface area contributed by atoms with Crippen LogP contribution in [0.3, 0.4) is 0 Å². The molecule has 0 heterocycles. The molecule has 0 radical (unpaired) electrons. The molecule has 0 fully saturated rings. The number of carbonyl (C=O) groups is 2. The molecule has 0 saturated heterocycles. The summed E-state index contributed by atoms with van der Waals surface area (Å²) < 4.78 is 60.7. The molecule has 0 aliphatic heterocycles. The van der Waals surface area contributed by atoms with E-state index in [1.807, 2.05) is 0 Å². The number of esters is 1. The number of benzene rings is 1. The molecule has 0 aliphatic carbocycles. The van der Waals surface area contributed by atoms with Crippen LogP contribution in [-0.2, 0) is 24.3 Å². The fourth-order valence-corrected chi connectivity index (χ4v) is 4.12. The minimum atomic E-state index is -4.70. The summed E-state index contributed by atoms with van der Waals surface area (Å²) in [6.07, 6.45) is 0.301. The zero-order chi connectivity index (χ0) is 21.9. The molecule has 1 amide bonds. The maximum atomic E-state index is 14.5. The van der Waals surface area contributed by atoms with E-state index >= 15 is 0 Å². The first kappa shape index (κ1) is 24.0. The standard InChI is InChI=1S/C18H26F2N2O5S/c1-7-11(2)22(10-16(24)27-18(4,5)6)28(25,26)17-14(19)8-13(9-15(17)20)21-12(3)23/h8-9,11H,7,10H2,1-6H3,(H,21,23)/t11-/m0/s1. The van der Waals surface area contributed by atoms with Gasteiger partial charge < -0.3 is 10.1 Å². The lowest BCUT2D eigenvalue weighted by Gasteiger charge is -2.29. The van der Waals surface area contributed by atoms with Gasteiger partial charge in [0.25, 0.3) is 0 Å². The van der Waals surface area contributed by atoms with Gasteiger partial charge >= 0.3 is 5.97 Å². The smallest absolute Gasteiger partial charge is 0.321 e. The first-order valence-electron chi connectivity index (χ1n) is 8.69. The van der Waals surface area contributed by atoms with E-state index in [0.717, 1.165) is 6.92 Å². The van der Waals surface area contributed by atoms with E-state index in [1.54, 1.807) is 27.7 Å². The first-order chi connectivity index (χ1) is 12.7. The van der Waals surface area contributed by atoms with Crippen LogP contribution in [0.25, 0.3) is 0 Å². The van der Waals surface area contributed by atoms with E-state index in [-0.39, 0.29) is 5.69 Å². The predicted molar refractivity (Wildman–Crippen MR) is 100 cm³/mol. The molecule has 1 aromatic carbocycles. The van der Waals surface area contributed by atoms with Crippen molar-refractivity contribution in [2.45, 2.75) is 64.5 Å². The lowest BCUT2D eigenvalue weighted by molar-refractivity contribution is -0.155. The van der Waals surface area contributed by atoms with Crippen molar-refractivity contribution >= 4 is 27.6 Å². The SMILES string of the molecule is CC[C@H](C)N(CC(=O)OC(C)(C)C)S(=O)(=O)c1c(F)cc(NC(C)=O)cc1F. The quantitative estimate of drug-likeness (QED) is 0.685. The maximum absolute atomic E-state index is 14.5. The van der Waals surface area contributed by atoms with E-state index < -0.39 is 56.6 Å². The van der Waals surface area contributed by atoms with Crippen molar-refractivity contribution in [1.82, 2.24) is 4.31 Å². The van der Waals surface area contributed by atoms with E-state index in [2.05, 4.69) is 5.32 Å². The molecule has 0 aliphatic rings. The highest BCUT2D eigenvalue weighted by molar-refractivity contribution is 7.89. The van der Waals surface area contributed by atoms with Crippen molar-refractivity contribution in [2.75, 3.05) is 11.9 Å². The first-order valence-corrected chi connectivity index (χ1v) is 10.1. The van der Waals surface area contributed by atoms with Gasteiger partial charge in [-0.25, -0.2) is 17.2 Å². The van der Waals surface area contributed by atoms with Gasteiger partial charge in [0.05, 0.1) is 0 Å². The van der Waals surface area contributed by atoms with Crippen LogP contribution >= 0.6 is 0 Å². The Balaban J connectivity index is 3.37. The molecule has 158 valence electrons. The molecule has 1 atom stereocenters.